The van der Waals surface area contributed by atoms with Gasteiger partial charge in [0, 0.05) is 6.04 Å². The molecule has 0 aromatic rings. The van der Waals surface area contributed by atoms with Gasteiger partial charge in [-0.2, -0.15) is 0 Å². The molecule has 0 saturated heterocycles. The van der Waals surface area contributed by atoms with Gasteiger partial charge in [-0.15, -0.1) is 0 Å². The van der Waals surface area contributed by atoms with Crippen LogP contribution in [-0.2, 0) is 0 Å². The molecule has 0 aromatic carbocycles. The molecule has 0 spiro atoms. The van der Waals surface area contributed by atoms with Crippen molar-refractivity contribution in [3.05, 3.63) is 0 Å². The maximum atomic E-state index is 3.76. The highest BCUT2D eigenvalue weighted by molar-refractivity contribution is 4.98. The predicted octanol–water partition coefficient (Wildman–Crippen LogP) is 4.76. The molecule has 0 amide bonds. The van der Waals surface area contributed by atoms with Crippen molar-refractivity contribution >= 4 is 0 Å². The Morgan fingerprint density at radius 2 is 1.61 bits per heavy atom. The zero-order valence-corrected chi connectivity index (χ0v) is 12.8. The van der Waals surface area contributed by atoms with Crippen molar-refractivity contribution in [3.8, 4) is 0 Å². The molecule has 1 N–H and O–H groups in total. The van der Waals surface area contributed by atoms with E-state index < -0.39 is 0 Å². The summed E-state index contributed by atoms with van der Waals surface area (Å²) in [4.78, 5) is 0. The van der Waals surface area contributed by atoms with Crippen LogP contribution in [0.2, 0.25) is 0 Å². The average molecular weight is 251 g/mol. The molecule has 1 heteroatoms. The second-order valence-electron chi connectivity index (χ2n) is 7.33. The molecule has 0 radical (unpaired) electrons. The van der Waals surface area contributed by atoms with Gasteiger partial charge in [0.15, 0.2) is 0 Å². The van der Waals surface area contributed by atoms with Gasteiger partial charge in [-0.25, -0.2) is 0 Å². The number of hydrogen-bond donors (Lipinski definition) is 1. The molecular formula is C17H33N. The van der Waals surface area contributed by atoms with Gasteiger partial charge < -0.3 is 5.32 Å². The Morgan fingerprint density at radius 3 is 2.11 bits per heavy atom. The predicted molar refractivity (Wildman–Crippen MR) is 79.8 cm³/mol. The van der Waals surface area contributed by atoms with Crippen LogP contribution >= 0.6 is 0 Å². The summed E-state index contributed by atoms with van der Waals surface area (Å²) in [5.74, 6) is 1.81. The minimum absolute atomic E-state index is 0.630. The molecule has 2 aliphatic carbocycles. The minimum atomic E-state index is 0.630. The third kappa shape index (κ3) is 3.10. The average Bonchev–Trinajstić information content (AvgIpc) is 2.79. The summed E-state index contributed by atoms with van der Waals surface area (Å²) in [5, 5.41) is 3.76. The van der Waals surface area contributed by atoms with E-state index in [0.29, 0.717) is 5.41 Å². The Kier molecular flexibility index (Phi) is 5.12. The van der Waals surface area contributed by atoms with Gasteiger partial charge in [0.2, 0.25) is 0 Å². The van der Waals surface area contributed by atoms with Crippen LogP contribution in [0.4, 0.5) is 0 Å². The molecule has 0 bridgehead atoms. The zero-order chi connectivity index (χ0) is 13.0. The van der Waals surface area contributed by atoms with Crippen molar-refractivity contribution in [2.45, 2.75) is 84.1 Å². The molecule has 2 rings (SSSR count). The molecule has 2 aliphatic rings. The van der Waals surface area contributed by atoms with Crippen molar-refractivity contribution in [2.75, 3.05) is 7.05 Å². The van der Waals surface area contributed by atoms with Crippen LogP contribution in [0.5, 0.6) is 0 Å². The topological polar surface area (TPSA) is 12.0 Å². The van der Waals surface area contributed by atoms with Gasteiger partial charge in [-0.05, 0) is 56.4 Å². The lowest BCUT2D eigenvalue weighted by Crippen LogP contribution is -2.48. The van der Waals surface area contributed by atoms with Crippen molar-refractivity contribution in [2.24, 2.45) is 17.3 Å². The maximum absolute atomic E-state index is 3.76. The Bertz CT molecular complexity index is 234. The van der Waals surface area contributed by atoms with E-state index in [2.05, 4.69) is 26.2 Å². The highest BCUT2D eigenvalue weighted by Crippen LogP contribution is 2.49. The van der Waals surface area contributed by atoms with Crippen LogP contribution in [-0.4, -0.2) is 13.1 Å². The lowest BCUT2D eigenvalue weighted by molar-refractivity contribution is 0.0967. The van der Waals surface area contributed by atoms with Gasteiger partial charge in [0.1, 0.15) is 0 Å². The summed E-state index contributed by atoms with van der Waals surface area (Å²) < 4.78 is 0. The van der Waals surface area contributed by atoms with Crippen LogP contribution in [0.1, 0.15) is 78.1 Å². The molecule has 1 nitrogen and oxygen atoms in total. The third-order valence-corrected chi connectivity index (χ3v) is 5.51. The van der Waals surface area contributed by atoms with Crippen LogP contribution in [0.15, 0.2) is 0 Å². The fraction of sp³-hybridized carbons (Fsp3) is 1.00. The molecular weight excluding hydrogens is 218 g/mol. The molecule has 2 saturated carbocycles. The fourth-order valence-corrected chi connectivity index (χ4v) is 5.04. The van der Waals surface area contributed by atoms with E-state index in [-0.39, 0.29) is 0 Å². The molecule has 0 heterocycles. The molecule has 0 aliphatic heterocycles. The summed E-state index contributed by atoms with van der Waals surface area (Å²) >= 11 is 0. The number of nitrogens with one attached hydrogen (secondary N) is 1. The zero-order valence-electron chi connectivity index (χ0n) is 12.8. The van der Waals surface area contributed by atoms with Crippen molar-refractivity contribution in [1.29, 1.82) is 0 Å². The van der Waals surface area contributed by atoms with E-state index in [9.17, 15) is 0 Å². The molecule has 1 atom stereocenters. The first-order valence-electron chi connectivity index (χ1n) is 8.35. The van der Waals surface area contributed by atoms with Gasteiger partial charge in [-0.3, -0.25) is 0 Å². The number of rotatable bonds is 5. The Morgan fingerprint density at radius 1 is 1.00 bits per heavy atom. The molecule has 2 fully saturated rings. The van der Waals surface area contributed by atoms with Crippen LogP contribution in [0.25, 0.3) is 0 Å². The van der Waals surface area contributed by atoms with E-state index in [4.69, 9.17) is 0 Å². The van der Waals surface area contributed by atoms with Gasteiger partial charge in [0.05, 0.1) is 0 Å². The van der Waals surface area contributed by atoms with Crippen molar-refractivity contribution in [3.63, 3.8) is 0 Å². The van der Waals surface area contributed by atoms with Gasteiger partial charge in [-0.1, -0.05) is 46.0 Å². The summed E-state index contributed by atoms with van der Waals surface area (Å²) in [6, 6.07) is 0.794. The standard InChI is InChI=1S/C17H33N/c1-14(2)13-17(11-7-8-12-17)16(18-3)15-9-5-4-6-10-15/h14-16,18H,4-13H2,1-3H3. The second-order valence-corrected chi connectivity index (χ2v) is 7.33. The SMILES string of the molecule is CNC(C1CCCCC1)C1(CC(C)C)CCCC1. The molecule has 0 aromatic heterocycles. The smallest absolute Gasteiger partial charge is 0.0149 e. The molecule has 18 heavy (non-hydrogen) atoms. The first kappa shape index (κ1) is 14.4. The van der Waals surface area contributed by atoms with Gasteiger partial charge in [0.25, 0.3) is 0 Å². The van der Waals surface area contributed by atoms with Crippen LogP contribution < -0.4 is 5.32 Å². The Labute approximate surface area is 114 Å². The fourth-order valence-electron chi connectivity index (χ4n) is 5.04. The maximum Gasteiger partial charge on any atom is 0.0149 e. The summed E-state index contributed by atoms with van der Waals surface area (Å²) in [6.45, 7) is 4.82. The van der Waals surface area contributed by atoms with Crippen molar-refractivity contribution in [1.82, 2.24) is 5.32 Å². The third-order valence-electron chi connectivity index (χ3n) is 5.51. The summed E-state index contributed by atoms with van der Waals surface area (Å²) in [6.07, 6.45) is 14.7. The monoisotopic (exact) mass is 251 g/mol. The first-order valence-corrected chi connectivity index (χ1v) is 8.35. The van der Waals surface area contributed by atoms with Crippen molar-refractivity contribution < 1.29 is 0 Å². The minimum Gasteiger partial charge on any atom is -0.316 e. The summed E-state index contributed by atoms with van der Waals surface area (Å²) in [5.41, 5.74) is 0.630. The van der Waals surface area contributed by atoms with Gasteiger partial charge >= 0.3 is 0 Å². The van der Waals surface area contributed by atoms with Crippen LogP contribution in [0.3, 0.4) is 0 Å². The lowest BCUT2D eigenvalue weighted by Gasteiger charge is -2.44. The molecule has 1 unspecified atom stereocenters. The van der Waals surface area contributed by atoms with E-state index >= 15 is 0 Å². The lowest BCUT2D eigenvalue weighted by atomic mass is 9.65. The summed E-state index contributed by atoms with van der Waals surface area (Å²) in [7, 11) is 2.22. The van der Waals surface area contributed by atoms with E-state index in [0.717, 1.165) is 17.9 Å². The highest BCUT2D eigenvalue weighted by atomic mass is 14.9. The first-order chi connectivity index (χ1) is 8.68. The normalized spacial score (nSPS) is 26.7. The highest BCUT2D eigenvalue weighted by Gasteiger charge is 2.44. The van der Waals surface area contributed by atoms with Crippen LogP contribution in [0, 0.1) is 17.3 Å². The van der Waals surface area contributed by atoms with E-state index in [1.165, 1.54) is 64.2 Å². The Balaban J connectivity index is 2.10. The number of hydrogen-bond acceptors (Lipinski definition) is 1. The second kappa shape index (κ2) is 6.41. The quantitative estimate of drug-likeness (QED) is 0.743. The van der Waals surface area contributed by atoms with E-state index in [1.807, 2.05) is 0 Å². The molecule has 106 valence electrons. The Hall–Kier alpha value is -0.0400. The van der Waals surface area contributed by atoms with E-state index in [1.54, 1.807) is 0 Å². The largest absolute Gasteiger partial charge is 0.316 e.